The van der Waals surface area contributed by atoms with Gasteiger partial charge >= 0.3 is 0 Å². The van der Waals surface area contributed by atoms with Crippen LogP contribution in [0.1, 0.15) is 12.8 Å². The fourth-order valence-electron chi connectivity index (χ4n) is 2.85. The number of likely N-dealkylation sites (N-methyl/N-ethyl adjacent to an activating group) is 1. The number of nitrogens with zero attached hydrogens (tertiary/aromatic N) is 5. The average molecular weight is 270 g/mol. The molecule has 3 rings (SSSR count). The summed E-state index contributed by atoms with van der Waals surface area (Å²) < 4.78 is 0. The lowest BCUT2D eigenvalue weighted by Crippen LogP contribution is -2.35. The maximum Gasteiger partial charge on any atom is 0.142 e. The molecule has 104 valence electrons. The number of H-pyrrole nitrogens is 1. The van der Waals surface area contributed by atoms with Gasteiger partial charge in [0.2, 0.25) is 0 Å². The molecule has 2 aromatic rings. The van der Waals surface area contributed by atoms with Crippen molar-refractivity contribution in [2.24, 2.45) is 0 Å². The summed E-state index contributed by atoms with van der Waals surface area (Å²) in [6.45, 7) is 2.91. The van der Waals surface area contributed by atoms with Crippen molar-refractivity contribution in [2.45, 2.75) is 18.9 Å². The first-order chi connectivity index (χ1) is 9.79. The predicted octanol–water partition coefficient (Wildman–Crippen LogP) is 1.38. The smallest absolute Gasteiger partial charge is 0.142 e. The standard InChI is InChI=1S/C14H18N6/c1-19(11-4-8-20(9-11)7-2-5-15)14-12-3-6-16-13(12)17-10-18-14/h3,6,10-11H,2,4,7-9H2,1H3,(H,16,17,18). The third-order valence-corrected chi connectivity index (χ3v) is 4.00. The Morgan fingerprint density at radius 2 is 2.45 bits per heavy atom. The van der Waals surface area contributed by atoms with Gasteiger partial charge in [-0.05, 0) is 12.5 Å². The van der Waals surface area contributed by atoms with Gasteiger partial charge in [0.1, 0.15) is 17.8 Å². The van der Waals surface area contributed by atoms with Gasteiger partial charge in [-0.25, -0.2) is 9.97 Å². The highest BCUT2D eigenvalue weighted by molar-refractivity contribution is 5.87. The highest BCUT2D eigenvalue weighted by Gasteiger charge is 2.27. The third-order valence-electron chi connectivity index (χ3n) is 4.00. The van der Waals surface area contributed by atoms with Gasteiger partial charge in [-0.3, -0.25) is 0 Å². The first-order valence-corrected chi connectivity index (χ1v) is 6.90. The highest BCUT2D eigenvalue weighted by Crippen LogP contribution is 2.25. The lowest BCUT2D eigenvalue weighted by atomic mass is 10.2. The Kier molecular flexibility index (Phi) is 3.52. The molecule has 3 heterocycles. The number of rotatable bonds is 4. The van der Waals surface area contributed by atoms with E-state index in [1.54, 1.807) is 6.33 Å². The van der Waals surface area contributed by atoms with Crippen LogP contribution in [0.3, 0.4) is 0 Å². The zero-order valence-corrected chi connectivity index (χ0v) is 11.6. The van der Waals surface area contributed by atoms with E-state index in [4.69, 9.17) is 5.26 Å². The first-order valence-electron chi connectivity index (χ1n) is 6.90. The second kappa shape index (κ2) is 5.47. The second-order valence-corrected chi connectivity index (χ2v) is 5.20. The number of anilines is 1. The Balaban J connectivity index is 1.75. The summed E-state index contributed by atoms with van der Waals surface area (Å²) in [4.78, 5) is 16.4. The topological polar surface area (TPSA) is 71.8 Å². The van der Waals surface area contributed by atoms with Crippen LogP contribution in [-0.4, -0.2) is 52.6 Å². The van der Waals surface area contributed by atoms with Gasteiger partial charge in [-0.2, -0.15) is 5.26 Å². The molecule has 0 radical (unpaired) electrons. The Morgan fingerprint density at radius 3 is 3.30 bits per heavy atom. The molecule has 1 atom stereocenters. The van der Waals surface area contributed by atoms with Crippen molar-refractivity contribution in [2.75, 3.05) is 31.6 Å². The van der Waals surface area contributed by atoms with E-state index >= 15 is 0 Å². The van der Waals surface area contributed by atoms with Crippen LogP contribution in [0.2, 0.25) is 0 Å². The summed E-state index contributed by atoms with van der Waals surface area (Å²) in [7, 11) is 2.09. The minimum Gasteiger partial charge on any atom is -0.355 e. The summed E-state index contributed by atoms with van der Waals surface area (Å²) >= 11 is 0. The van der Waals surface area contributed by atoms with Crippen molar-refractivity contribution < 1.29 is 0 Å². The number of hydrogen-bond donors (Lipinski definition) is 1. The summed E-state index contributed by atoms with van der Waals surface area (Å²) in [6, 6.07) is 4.67. The molecule has 1 aliphatic heterocycles. The number of likely N-dealkylation sites (tertiary alicyclic amines) is 1. The Labute approximate surface area is 118 Å². The van der Waals surface area contributed by atoms with Crippen LogP contribution < -0.4 is 4.90 Å². The van der Waals surface area contributed by atoms with E-state index in [1.165, 1.54) is 0 Å². The zero-order chi connectivity index (χ0) is 13.9. The number of aromatic amines is 1. The predicted molar refractivity (Wildman–Crippen MR) is 77.4 cm³/mol. The van der Waals surface area contributed by atoms with Crippen molar-refractivity contribution in [3.8, 4) is 6.07 Å². The molecule has 1 unspecified atom stereocenters. The molecule has 1 N–H and O–H groups in total. The third kappa shape index (κ3) is 2.32. The Hall–Kier alpha value is -2.13. The van der Waals surface area contributed by atoms with E-state index in [-0.39, 0.29) is 0 Å². The molecule has 1 saturated heterocycles. The molecule has 1 fully saturated rings. The summed E-state index contributed by atoms with van der Waals surface area (Å²) in [5.41, 5.74) is 0.876. The normalized spacial score (nSPS) is 19.3. The second-order valence-electron chi connectivity index (χ2n) is 5.20. The van der Waals surface area contributed by atoms with Gasteiger partial charge in [0.25, 0.3) is 0 Å². The van der Waals surface area contributed by atoms with E-state index in [1.807, 2.05) is 12.3 Å². The summed E-state index contributed by atoms with van der Waals surface area (Å²) in [6.07, 6.45) is 5.21. The van der Waals surface area contributed by atoms with Crippen LogP contribution in [0.5, 0.6) is 0 Å². The van der Waals surface area contributed by atoms with E-state index < -0.39 is 0 Å². The van der Waals surface area contributed by atoms with E-state index in [0.717, 1.165) is 42.9 Å². The Bertz CT molecular complexity index is 628. The van der Waals surface area contributed by atoms with Crippen molar-refractivity contribution in [3.63, 3.8) is 0 Å². The lowest BCUT2D eigenvalue weighted by Gasteiger charge is -2.26. The molecule has 0 amide bonds. The van der Waals surface area contributed by atoms with Gasteiger partial charge in [-0.1, -0.05) is 0 Å². The minimum atomic E-state index is 0.446. The maximum absolute atomic E-state index is 8.67. The van der Waals surface area contributed by atoms with Gasteiger partial charge < -0.3 is 14.8 Å². The molecule has 6 nitrogen and oxygen atoms in total. The summed E-state index contributed by atoms with van der Waals surface area (Å²) in [5.74, 6) is 0.975. The van der Waals surface area contributed by atoms with Crippen molar-refractivity contribution >= 4 is 16.9 Å². The quantitative estimate of drug-likeness (QED) is 0.908. The largest absolute Gasteiger partial charge is 0.355 e. The van der Waals surface area contributed by atoms with Crippen molar-refractivity contribution in [1.29, 1.82) is 5.26 Å². The SMILES string of the molecule is CN(c1ncnc2[nH]ccc12)C1CCN(CCC#N)C1. The van der Waals surface area contributed by atoms with Crippen molar-refractivity contribution in [3.05, 3.63) is 18.6 Å². The average Bonchev–Trinajstić information content (AvgIpc) is 3.12. The molecular formula is C14H18N6. The van der Waals surface area contributed by atoms with Crippen LogP contribution in [0.4, 0.5) is 5.82 Å². The van der Waals surface area contributed by atoms with Crippen molar-refractivity contribution in [1.82, 2.24) is 19.9 Å². The molecule has 6 heteroatoms. The molecule has 0 saturated carbocycles. The molecule has 2 aromatic heterocycles. The molecule has 0 bridgehead atoms. The van der Waals surface area contributed by atoms with Crippen LogP contribution in [0.15, 0.2) is 18.6 Å². The van der Waals surface area contributed by atoms with Gasteiger partial charge in [-0.15, -0.1) is 0 Å². The number of nitrogens with one attached hydrogen (secondary N) is 1. The molecule has 0 spiro atoms. The molecule has 0 aliphatic carbocycles. The zero-order valence-electron chi connectivity index (χ0n) is 11.6. The van der Waals surface area contributed by atoms with Gasteiger partial charge in [0.05, 0.1) is 11.5 Å². The first kappa shape index (κ1) is 12.9. The van der Waals surface area contributed by atoms with E-state index in [0.29, 0.717) is 12.5 Å². The lowest BCUT2D eigenvalue weighted by molar-refractivity contribution is 0.341. The van der Waals surface area contributed by atoms with Crippen LogP contribution in [-0.2, 0) is 0 Å². The van der Waals surface area contributed by atoms with Gasteiger partial charge in [0.15, 0.2) is 0 Å². The molecule has 0 aromatic carbocycles. The van der Waals surface area contributed by atoms with Crippen LogP contribution in [0, 0.1) is 11.3 Å². The minimum absolute atomic E-state index is 0.446. The van der Waals surface area contributed by atoms with E-state index in [2.05, 4.69) is 37.9 Å². The fraction of sp³-hybridized carbons (Fsp3) is 0.500. The fourth-order valence-corrected chi connectivity index (χ4v) is 2.85. The van der Waals surface area contributed by atoms with E-state index in [9.17, 15) is 0 Å². The Morgan fingerprint density at radius 1 is 1.55 bits per heavy atom. The van der Waals surface area contributed by atoms with Crippen LogP contribution >= 0.6 is 0 Å². The number of nitriles is 1. The number of hydrogen-bond acceptors (Lipinski definition) is 5. The summed E-state index contributed by atoms with van der Waals surface area (Å²) in [5, 5.41) is 9.73. The van der Waals surface area contributed by atoms with Gasteiger partial charge in [0, 0.05) is 45.3 Å². The molecule has 20 heavy (non-hydrogen) atoms. The van der Waals surface area contributed by atoms with Crippen LogP contribution in [0.25, 0.3) is 11.0 Å². The maximum atomic E-state index is 8.67. The highest BCUT2D eigenvalue weighted by atomic mass is 15.3. The molecule has 1 aliphatic rings. The monoisotopic (exact) mass is 270 g/mol. The number of fused-ring (bicyclic) bond motifs is 1. The number of aromatic nitrogens is 3. The molecular weight excluding hydrogens is 252 g/mol.